The second kappa shape index (κ2) is 15.5. The Kier molecular flexibility index (Phi) is 12.1. The molecule has 0 unspecified atom stereocenters. The molecule has 0 aliphatic rings. The van der Waals surface area contributed by atoms with E-state index in [0.717, 1.165) is 30.0 Å². The van der Waals surface area contributed by atoms with Crippen molar-refractivity contribution in [1.82, 2.24) is 9.97 Å². The summed E-state index contributed by atoms with van der Waals surface area (Å²) in [6.07, 6.45) is -4.52. The Morgan fingerprint density at radius 2 is 1.64 bits per heavy atom. The van der Waals surface area contributed by atoms with Gasteiger partial charge in [0.15, 0.2) is 5.16 Å². The molecule has 0 saturated carbocycles. The van der Waals surface area contributed by atoms with Crippen LogP contribution in [0.25, 0.3) is 0 Å². The monoisotopic (exact) mass is 687 g/mol. The number of aromatic carboxylic acids is 1. The average Bonchev–Trinajstić information content (AvgIpc) is 2.97. The molecule has 0 spiro atoms. The normalized spacial score (nSPS) is 10.8. The molecule has 4 aromatic rings. The van der Waals surface area contributed by atoms with Gasteiger partial charge in [0.05, 0.1) is 53.0 Å². The van der Waals surface area contributed by atoms with Gasteiger partial charge < -0.3 is 24.1 Å². The summed E-state index contributed by atoms with van der Waals surface area (Å²) in [4.78, 5) is 30.3. The number of aromatic nitrogens is 2. The topological polar surface area (TPSA) is 143 Å². The van der Waals surface area contributed by atoms with E-state index in [2.05, 4.69) is 9.97 Å². The molecule has 0 radical (unpaired) electrons. The van der Waals surface area contributed by atoms with Crippen molar-refractivity contribution in [3.8, 4) is 29.0 Å². The van der Waals surface area contributed by atoms with Gasteiger partial charge in [-0.1, -0.05) is 29.3 Å². The number of rotatable bonds is 10. The Hall–Kier alpha value is -4.47. The minimum Gasteiger partial charge on any atom is -0.487 e. The molecule has 0 atom stereocenters. The van der Waals surface area contributed by atoms with Gasteiger partial charge >= 0.3 is 17.8 Å². The van der Waals surface area contributed by atoms with Gasteiger partial charge in [-0.2, -0.15) is 23.1 Å². The number of benzene rings is 3. The molecule has 1 heterocycles. The van der Waals surface area contributed by atoms with Gasteiger partial charge in [-0.25, -0.2) is 4.79 Å². The molecule has 1 N–H and O–H groups in total. The van der Waals surface area contributed by atoms with Gasteiger partial charge in [-0.05, 0) is 55.1 Å². The third kappa shape index (κ3) is 9.51. The summed E-state index contributed by atoms with van der Waals surface area (Å²) in [6.45, 7) is 1.86. The molecule has 17 heteroatoms. The fourth-order valence-electron chi connectivity index (χ4n) is 3.40. The predicted molar refractivity (Wildman–Crippen MR) is 158 cm³/mol. The summed E-state index contributed by atoms with van der Waals surface area (Å²) in [7, 11) is 2.94. The lowest BCUT2D eigenvalue weighted by molar-refractivity contribution is -0.385. The first-order valence-corrected chi connectivity index (χ1v) is 14.0. The standard InChI is InChI=1S/C15H11ClF3NO4.C13H11ClN2O4S/c1-2-23-14-8-10(4-5-12(14)20(21)22)24-13-6-3-9(7-11(13)16)15(17,18)19;1-19-9-6-10(20-2)16-13(15-9)21-8-5-3-4-7(14)11(8)12(17)18/h3-8H,2H2,1H3;3-6H,1-2H3,(H,17,18). The number of carboxylic acids is 1. The van der Waals surface area contributed by atoms with E-state index < -0.39 is 22.6 Å². The van der Waals surface area contributed by atoms with Crippen LogP contribution in [0.1, 0.15) is 22.8 Å². The van der Waals surface area contributed by atoms with Gasteiger partial charge in [0.25, 0.3) is 0 Å². The van der Waals surface area contributed by atoms with Crippen molar-refractivity contribution >= 4 is 46.6 Å². The molecule has 11 nitrogen and oxygen atoms in total. The highest BCUT2D eigenvalue weighted by molar-refractivity contribution is 7.99. The van der Waals surface area contributed by atoms with Crippen LogP contribution < -0.4 is 18.9 Å². The van der Waals surface area contributed by atoms with Gasteiger partial charge in [-0.3, -0.25) is 10.1 Å². The zero-order valence-electron chi connectivity index (χ0n) is 23.4. The number of ether oxygens (including phenoxy) is 4. The average molecular weight is 688 g/mol. The van der Waals surface area contributed by atoms with Crippen LogP contribution >= 0.6 is 35.0 Å². The number of carboxylic acid groups (broad SMARTS) is 1. The number of alkyl halides is 3. The minimum absolute atomic E-state index is 0.00885. The maximum absolute atomic E-state index is 12.6. The summed E-state index contributed by atoms with van der Waals surface area (Å²) < 4.78 is 58.5. The van der Waals surface area contributed by atoms with Crippen LogP contribution in [0.3, 0.4) is 0 Å². The summed E-state index contributed by atoms with van der Waals surface area (Å²) in [6, 6.07) is 12.7. The maximum Gasteiger partial charge on any atom is 0.416 e. The third-order valence-electron chi connectivity index (χ3n) is 5.38. The number of nitro groups is 1. The number of methoxy groups -OCH3 is 2. The van der Waals surface area contributed by atoms with Crippen molar-refractivity contribution in [3.63, 3.8) is 0 Å². The van der Waals surface area contributed by atoms with Crippen LogP contribution in [0.5, 0.6) is 29.0 Å². The van der Waals surface area contributed by atoms with Crippen LogP contribution in [-0.4, -0.2) is 46.8 Å². The number of halogens is 5. The van der Waals surface area contributed by atoms with E-state index >= 15 is 0 Å². The molecule has 0 aliphatic heterocycles. The van der Waals surface area contributed by atoms with Gasteiger partial charge in [0.1, 0.15) is 11.5 Å². The van der Waals surface area contributed by atoms with Crippen molar-refractivity contribution in [2.75, 3.05) is 20.8 Å². The fourth-order valence-corrected chi connectivity index (χ4v) is 4.84. The molecule has 0 amide bonds. The molecule has 45 heavy (non-hydrogen) atoms. The lowest BCUT2D eigenvalue weighted by atomic mass is 10.2. The van der Waals surface area contributed by atoms with Crippen LogP contribution in [-0.2, 0) is 6.18 Å². The molecular weight excluding hydrogens is 666 g/mol. The molecule has 4 rings (SSSR count). The van der Waals surface area contributed by atoms with E-state index in [0.29, 0.717) is 21.8 Å². The van der Waals surface area contributed by atoms with E-state index in [9.17, 15) is 33.2 Å². The van der Waals surface area contributed by atoms with Crippen molar-refractivity contribution in [3.05, 3.63) is 92.0 Å². The quantitative estimate of drug-likeness (QED) is 0.0974. The highest BCUT2D eigenvalue weighted by atomic mass is 35.5. The Morgan fingerprint density at radius 3 is 2.18 bits per heavy atom. The smallest absolute Gasteiger partial charge is 0.416 e. The number of nitro benzene ring substituents is 1. The van der Waals surface area contributed by atoms with Gasteiger partial charge in [-0.15, -0.1) is 0 Å². The summed E-state index contributed by atoms with van der Waals surface area (Å²) in [5.74, 6) is -0.348. The molecule has 0 bridgehead atoms. The van der Waals surface area contributed by atoms with E-state index in [1.54, 1.807) is 19.1 Å². The first-order valence-electron chi connectivity index (χ1n) is 12.4. The van der Waals surface area contributed by atoms with E-state index in [4.69, 9.17) is 42.1 Å². The summed E-state index contributed by atoms with van der Waals surface area (Å²) in [5.41, 5.74) is -1.14. The zero-order chi connectivity index (χ0) is 33.3. The number of nitrogens with zero attached hydrogens (tertiary/aromatic N) is 3. The van der Waals surface area contributed by atoms with E-state index in [-0.39, 0.29) is 45.2 Å². The number of hydrogen-bond donors (Lipinski definition) is 1. The number of carbonyl (C=O) groups is 1. The van der Waals surface area contributed by atoms with Gasteiger partial charge in [0.2, 0.25) is 17.5 Å². The van der Waals surface area contributed by atoms with Crippen LogP contribution in [0, 0.1) is 10.1 Å². The lowest BCUT2D eigenvalue weighted by Gasteiger charge is -2.12. The third-order valence-corrected chi connectivity index (χ3v) is 6.92. The van der Waals surface area contributed by atoms with Crippen molar-refractivity contribution in [2.24, 2.45) is 0 Å². The first kappa shape index (κ1) is 35.0. The zero-order valence-corrected chi connectivity index (χ0v) is 25.8. The van der Waals surface area contributed by atoms with Gasteiger partial charge in [0, 0.05) is 17.0 Å². The highest BCUT2D eigenvalue weighted by Crippen LogP contribution is 2.39. The Labute approximate surface area is 268 Å². The minimum atomic E-state index is -4.52. The molecular formula is C28H22Cl2F3N3O8S. The highest BCUT2D eigenvalue weighted by Gasteiger charge is 2.31. The fraction of sp³-hybridized carbons (Fsp3) is 0.179. The predicted octanol–water partition coefficient (Wildman–Crippen LogP) is 8.45. The summed E-state index contributed by atoms with van der Waals surface area (Å²) >= 11 is 12.8. The Balaban J connectivity index is 0.000000248. The first-order chi connectivity index (χ1) is 21.3. The summed E-state index contributed by atoms with van der Waals surface area (Å²) in [5, 5.41) is 20.4. The molecule has 1 aromatic heterocycles. The molecule has 0 aliphatic carbocycles. The molecule has 0 saturated heterocycles. The van der Waals surface area contributed by atoms with Crippen LogP contribution in [0.2, 0.25) is 10.0 Å². The van der Waals surface area contributed by atoms with Crippen molar-refractivity contribution in [2.45, 2.75) is 23.2 Å². The Bertz CT molecular complexity index is 1670. The van der Waals surface area contributed by atoms with Crippen LogP contribution in [0.4, 0.5) is 18.9 Å². The van der Waals surface area contributed by atoms with E-state index in [1.165, 1.54) is 44.6 Å². The van der Waals surface area contributed by atoms with Crippen molar-refractivity contribution < 1.29 is 46.9 Å². The number of hydrogen-bond acceptors (Lipinski definition) is 10. The largest absolute Gasteiger partial charge is 0.487 e. The van der Waals surface area contributed by atoms with Crippen molar-refractivity contribution in [1.29, 1.82) is 0 Å². The van der Waals surface area contributed by atoms with E-state index in [1.807, 2.05) is 0 Å². The maximum atomic E-state index is 12.6. The SMILES string of the molecule is CCOc1cc(Oc2ccc(C(F)(F)F)cc2Cl)ccc1[N+](=O)[O-].COc1cc(OC)nc(Sc2cccc(Cl)c2C(=O)O)n1. The lowest BCUT2D eigenvalue weighted by Crippen LogP contribution is -2.04. The second-order valence-corrected chi connectivity index (χ2v) is 10.1. The molecule has 0 fully saturated rings. The van der Waals surface area contributed by atoms with Crippen LogP contribution in [0.15, 0.2) is 70.7 Å². The second-order valence-electron chi connectivity index (χ2n) is 8.32. The molecule has 3 aromatic carbocycles. The Morgan fingerprint density at radius 1 is 0.978 bits per heavy atom. The molecule has 238 valence electrons.